The molecule has 0 atom stereocenters. The maximum atomic E-state index is 10.2. The number of aliphatic hydroxyl groups is 2. The number of aliphatic hydroxyl groups excluding tert-OH is 2. The highest BCUT2D eigenvalue weighted by Gasteiger charge is 2.12. The van der Waals surface area contributed by atoms with Crippen molar-refractivity contribution >= 4 is 11.4 Å². The molecule has 0 spiro atoms. The van der Waals surface area contributed by atoms with Crippen molar-refractivity contribution in [1.82, 2.24) is 0 Å². The molecule has 5 N–H and O–H groups in total. The number of aryl methyl sites for hydroxylation is 1. The van der Waals surface area contributed by atoms with Gasteiger partial charge in [0.25, 0.3) is 0 Å². The third-order valence-corrected chi connectivity index (χ3v) is 3.05. The van der Waals surface area contributed by atoms with Crippen LogP contribution in [0.25, 0.3) is 0 Å². The highest BCUT2D eigenvalue weighted by atomic mass is 16.3. The van der Waals surface area contributed by atoms with E-state index in [4.69, 9.17) is 21.0 Å². The van der Waals surface area contributed by atoms with Gasteiger partial charge in [-0.2, -0.15) is 0 Å². The van der Waals surface area contributed by atoms with Gasteiger partial charge in [-0.25, -0.2) is 0 Å². The van der Waals surface area contributed by atoms with Crippen molar-refractivity contribution < 1.29 is 15.3 Å². The molecule has 0 radical (unpaired) electrons. The van der Waals surface area contributed by atoms with E-state index in [1.54, 1.807) is 0 Å². The Bertz CT molecular complexity index is 457. The molecule has 0 fully saturated rings. The average Bonchev–Trinajstić information content (AvgIpc) is 2.35. The van der Waals surface area contributed by atoms with Crippen molar-refractivity contribution in [2.75, 3.05) is 13.2 Å². The highest BCUT2D eigenvalue weighted by molar-refractivity contribution is 5.86. The lowest BCUT2D eigenvalue weighted by Crippen LogP contribution is -2.08. The van der Waals surface area contributed by atoms with Crippen molar-refractivity contribution in [2.45, 2.75) is 32.6 Å². The number of hydrogen-bond donors (Lipinski definition) is 5. The fourth-order valence-corrected chi connectivity index (χ4v) is 2.11. The number of hydrogen-bond acceptors (Lipinski definition) is 5. The van der Waals surface area contributed by atoms with Gasteiger partial charge in [-0.3, -0.25) is 0 Å². The number of nitrogens with one attached hydrogen (secondary N) is 2. The molecule has 0 aromatic heterocycles. The monoisotopic (exact) mass is 278 g/mol. The molecular formula is C15H22N2O3. The van der Waals surface area contributed by atoms with Crippen LogP contribution in [0.3, 0.4) is 0 Å². The van der Waals surface area contributed by atoms with Crippen molar-refractivity contribution in [3.05, 3.63) is 28.8 Å². The Hall–Kier alpha value is -1.72. The summed E-state index contributed by atoms with van der Waals surface area (Å²) < 4.78 is 0. The second-order valence-electron chi connectivity index (χ2n) is 4.94. The smallest absolute Gasteiger partial charge is 0.122 e. The lowest BCUT2D eigenvalue weighted by Gasteiger charge is -2.12. The van der Waals surface area contributed by atoms with Gasteiger partial charge in [-0.1, -0.05) is 17.7 Å². The first-order valence-corrected chi connectivity index (χ1v) is 6.63. The molecule has 5 heteroatoms. The minimum Gasteiger partial charge on any atom is -0.507 e. The van der Waals surface area contributed by atoms with Crippen LogP contribution in [0.2, 0.25) is 0 Å². The number of benzene rings is 1. The molecule has 0 bridgehead atoms. The Morgan fingerprint density at radius 1 is 0.950 bits per heavy atom. The summed E-state index contributed by atoms with van der Waals surface area (Å²) in [5, 5.41) is 43.3. The van der Waals surface area contributed by atoms with Gasteiger partial charge in [0.2, 0.25) is 0 Å². The Kier molecular flexibility index (Phi) is 6.35. The number of phenolic OH excluding ortho intramolecular Hbond substituents is 1. The topological polar surface area (TPSA) is 108 Å². The Balaban J connectivity index is 2.94. The predicted octanol–water partition coefficient (Wildman–Crippen LogP) is 1.59. The maximum Gasteiger partial charge on any atom is 0.122 e. The van der Waals surface area contributed by atoms with Crippen LogP contribution in [0.4, 0.5) is 0 Å². The first kappa shape index (κ1) is 16.3. The third-order valence-electron chi connectivity index (χ3n) is 3.05. The van der Waals surface area contributed by atoms with E-state index >= 15 is 0 Å². The zero-order valence-corrected chi connectivity index (χ0v) is 11.7. The maximum absolute atomic E-state index is 10.2. The molecule has 20 heavy (non-hydrogen) atoms. The van der Waals surface area contributed by atoms with E-state index < -0.39 is 0 Å². The van der Waals surface area contributed by atoms with E-state index in [0.717, 1.165) is 5.56 Å². The van der Waals surface area contributed by atoms with Crippen molar-refractivity contribution in [1.29, 1.82) is 10.8 Å². The van der Waals surface area contributed by atoms with E-state index in [1.807, 2.05) is 19.1 Å². The van der Waals surface area contributed by atoms with Crippen LogP contribution in [0.15, 0.2) is 12.1 Å². The molecule has 0 saturated heterocycles. The molecule has 0 saturated carbocycles. The van der Waals surface area contributed by atoms with E-state index in [2.05, 4.69) is 0 Å². The minimum atomic E-state index is -0.0700. The van der Waals surface area contributed by atoms with E-state index in [0.29, 0.717) is 48.2 Å². The lowest BCUT2D eigenvalue weighted by atomic mass is 9.96. The fraction of sp³-hybridized carbons (Fsp3) is 0.467. The van der Waals surface area contributed by atoms with Gasteiger partial charge in [0.1, 0.15) is 5.75 Å². The molecule has 110 valence electrons. The third kappa shape index (κ3) is 4.75. The highest BCUT2D eigenvalue weighted by Crippen LogP contribution is 2.26. The van der Waals surface area contributed by atoms with Crippen molar-refractivity contribution in [3.8, 4) is 5.75 Å². The molecule has 0 unspecified atom stereocenters. The zero-order valence-electron chi connectivity index (χ0n) is 11.7. The van der Waals surface area contributed by atoms with Crippen LogP contribution >= 0.6 is 0 Å². The summed E-state index contributed by atoms with van der Waals surface area (Å²) in [6, 6.07) is 3.64. The van der Waals surface area contributed by atoms with Crippen LogP contribution < -0.4 is 0 Å². The van der Waals surface area contributed by atoms with Crippen molar-refractivity contribution in [2.24, 2.45) is 0 Å². The van der Waals surface area contributed by atoms with Crippen LogP contribution in [-0.2, 0) is 12.8 Å². The molecule has 1 aromatic carbocycles. The molecular weight excluding hydrogens is 256 g/mol. The largest absolute Gasteiger partial charge is 0.507 e. The van der Waals surface area contributed by atoms with Gasteiger partial charge < -0.3 is 26.1 Å². The SMILES string of the molecule is Cc1cc(CC(=N)CCO)c(O)c(CC(=N)CCO)c1. The Morgan fingerprint density at radius 2 is 1.35 bits per heavy atom. The van der Waals surface area contributed by atoms with Gasteiger partial charge in [0, 0.05) is 61.4 Å². The fourth-order valence-electron chi connectivity index (χ4n) is 2.11. The summed E-state index contributed by atoms with van der Waals surface area (Å²) >= 11 is 0. The molecule has 5 nitrogen and oxygen atoms in total. The molecule has 0 aliphatic rings. The molecule has 1 rings (SSSR count). The van der Waals surface area contributed by atoms with Gasteiger partial charge >= 0.3 is 0 Å². The second kappa shape index (κ2) is 7.77. The average molecular weight is 278 g/mol. The van der Waals surface area contributed by atoms with Crippen LogP contribution in [0.1, 0.15) is 29.5 Å². The van der Waals surface area contributed by atoms with Gasteiger partial charge in [0.05, 0.1) is 0 Å². The lowest BCUT2D eigenvalue weighted by molar-refractivity contribution is 0.306. The second-order valence-corrected chi connectivity index (χ2v) is 4.94. The van der Waals surface area contributed by atoms with Gasteiger partial charge in [-0.05, 0) is 6.92 Å². The summed E-state index contributed by atoms with van der Waals surface area (Å²) in [5.74, 6) is 0.112. The number of rotatable bonds is 8. The van der Waals surface area contributed by atoms with Gasteiger partial charge in [-0.15, -0.1) is 0 Å². The number of aromatic hydroxyl groups is 1. The molecule has 0 amide bonds. The van der Waals surface area contributed by atoms with Crippen LogP contribution in [0, 0.1) is 17.7 Å². The molecule has 1 aromatic rings. The minimum absolute atomic E-state index is 0.0700. The quantitative estimate of drug-likeness (QED) is 0.466. The Labute approximate surface area is 118 Å². The van der Waals surface area contributed by atoms with E-state index in [-0.39, 0.29) is 19.0 Å². The van der Waals surface area contributed by atoms with Crippen LogP contribution in [0.5, 0.6) is 5.75 Å². The van der Waals surface area contributed by atoms with Gasteiger partial charge in [0.15, 0.2) is 0 Å². The first-order valence-electron chi connectivity index (χ1n) is 6.63. The summed E-state index contributed by atoms with van der Waals surface area (Å²) in [6.45, 7) is 1.76. The van der Waals surface area contributed by atoms with Crippen molar-refractivity contribution in [3.63, 3.8) is 0 Å². The van der Waals surface area contributed by atoms with Crippen LogP contribution in [-0.4, -0.2) is 40.0 Å². The predicted molar refractivity (Wildman–Crippen MR) is 79.1 cm³/mol. The zero-order chi connectivity index (χ0) is 15.1. The number of phenols is 1. The molecule has 0 heterocycles. The standard InChI is InChI=1S/C15H22N2O3/c1-10-6-11(8-13(16)2-4-18)15(20)12(7-10)9-14(17)3-5-19/h6-7,16-20H,2-5,8-9H2,1H3. The summed E-state index contributed by atoms with van der Waals surface area (Å²) in [6.07, 6.45) is 1.19. The summed E-state index contributed by atoms with van der Waals surface area (Å²) in [7, 11) is 0. The molecule has 0 aliphatic heterocycles. The molecule has 0 aliphatic carbocycles. The first-order chi connectivity index (χ1) is 9.47. The normalized spacial score (nSPS) is 10.6. The van der Waals surface area contributed by atoms with E-state index in [9.17, 15) is 5.11 Å². The summed E-state index contributed by atoms with van der Waals surface area (Å²) in [4.78, 5) is 0. The summed E-state index contributed by atoms with van der Waals surface area (Å²) in [5.41, 5.74) is 2.99. The van der Waals surface area contributed by atoms with E-state index in [1.165, 1.54) is 0 Å². The Morgan fingerprint density at radius 3 is 1.70 bits per heavy atom.